The number of halogens is 2. The number of rotatable bonds is 4. The quantitative estimate of drug-likeness (QED) is 0.384. The highest BCUT2D eigenvalue weighted by Gasteiger charge is 2.23. The Bertz CT molecular complexity index is 724. The molecule has 2 aromatic rings. The molecule has 0 amide bonds. The Morgan fingerprint density at radius 2 is 2.28 bits per heavy atom. The number of hydrogen-bond acceptors (Lipinski definition) is 3. The molecule has 0 aliphatic heterocycles. The average Bonchev–Trinajstić information content (AvgIpc) is 3.17. The van der Waals surface area contributed by atoms with Crippen LogP contribution in [0.25, 0.3) is 0 Å². The van der Waals surface area contributed by atoms with Crippen LogP contribution in [-0.2, 0) is 19.4 Å². The van der Waals surface area contributed by atoms with Crippen molar-refractivity contribution < 1.29 is 0 Å². The van der Waals surface area contributed by atoms with Crippen molar-refractivity contribution in [3.05, 3.63) is 38.8 Å². The van der Waals surface area contributed by atoms with Gasteiger partial charge in [-0.3, -0.25) is 9.67 Å². The van der Waals surface area contributed by atoms with Gasteiger partial charge >= 0.3 is 0 Å². The van der Waals surface area contributed by atoms with Crippen LogP contribution >= 0.6 is 46.9 Å². The number of aromatic nitrogens is 2. The Kier molecular flexibility index (Phi) is 7.57. The largest absolute Gasteiger partial charge is 0.353 e. The fourth-order valence-corrected chi connectivity index (χ4v) is 3.93. The van der Waals surface area contributed by atoms with E-state index in [9.17, 15) is 0 Å². The molecular formula is C17H25ClIN5S. The topological polar surface area (TPSA) is 54.2 Å². The van der Waals surface area contributed by atoms with E-state index in [1.165, 1.54) is 16.1 Å². The van der Waals surface area contributed by atoms with Crippen molar-refractivity contribution >= 4 is 52.9 Å². The van der Waals surface area contributed by atoms with E-state index in [1.54, 1.807) is 18.4 Å². The SMILES string of the molecule is CN=C(NCc1ccc(Cl)s1)NC1CCc2cn(C(C)C)nc2C1.I. The molecule has 0 radical (unpaired) electrons. The van der Waals surface area contributed by atoms with Gasteiger partial charge in [-0.05, 0) is 44.4 Å². The summed E-state index contributed by atoms with van der Waals surface area (Å²) in [6, 6.07) is 4.74. The van der Waals surface area contributed by atoms with E-state index in [0.717, 1.165) is 36.1 Å². The van der Waals surface area contributed by atoms with Gasteiger partial charge in [-0.15, -0.1) is 35.3 Å². The first-order valence-corrected chi connectivity index (χ1v) is 9.53. The van der Waals surface area contributed by atoms with E-state index in [4.69, 9.17) is 16.7 Å². The predicted octanol–water partition coefficient (Wildman–Crippen LogP) is 4.02. The van der Waals surface area contributed by atoms with Gasteiger partial charge < -0.3 is 10.6 Å². The zero-order valence-corrected chi connectivity index (χ0v) is 18.7. The zero-order valence-electron chi connectivity index (χ0n) is 14.8. The first-order chi connectivity index (χ1) is 11.5. The van der Waals surface area contributed by atoms with Crippen LogP contribution in [0, 0.1) is 0 Å². The van der Waals surface area contributed by atoms with E-state index >= 15 is 0 Å². The minimum atomic E-state index is 0. The van der Waals surface area contributed by atoms with Crippen molar-refractivity contribution in [2.75, 3.05) is 7.05 Å². The Balaban J connectivity index is 0.00000225. The van der Waals surface area contributed by atoms with Crippen molar-refractivity contribution in [3.63, 3.8) is 0 Å². The van der Waals surface area contributed by atoms with Crippen LogP contribution in [-0.4, -0.2) is 28.8 Å². The normalized spacial score (nSPS) is 17.2. The molecule has 0 spiro atoms. The van der Waals surface area contributed by atoms with Gasteiger partial charge in [0.05, 0.1) is 16.6 Å². The van der Waals surface area contributed by atoms with E-state index in [1.807, 2.05) is 12.1 Å². The van der Waals surface area contributed by atoms with Crippen LogP contribution in [0.3, 0.4) is 0 Å². The number of aliphatic imine (C=N–C) groups is 1. The highest BCUT2D eigenvalue weighted by Crippen LogP contribution is 2.22. The zero-order chi connectivity index (χ0) is 17.1. The lowest BCUT2D eigenvalue weighted by atomic mass is 9.94. The number of thiophene rings is 1. The number of nitrogens with zero attached hydrogens (tertiary/aromatic N) is 3. The summed E-state index contributed by atoms with van der Waals surface area (Å²) in [5.41, 5.74) is 2.60. The summed E-state index contributed by atoms with van der Waals surface area (Å²) >= 11 is 7.56. The number of fused-ring (bicyclic) bond motifs is 1. The van der Waals surface area contributed by atoms with Crippen molar-refractivity contribution in [1.82, 2.24) is 20.4 Å². The summed E-state index contributed by atoms with van der Waals surface area (Å²) in [5.74, 6) is 0.830. The lowest BCUT2D eigenvalue weighted by Crippen LogP contribution is -2.45. The molecule has 0 saturated carbocycles. The third-order valence-electron chi connectivity index (χ3n) is 4.25. The molecule has 1 aliphatic carbocycles. The van der Waals surface area contributed by atoms with Crippen LogP contribution in [0.5, 0.6) is 0 Å². The first kappa shape index (κ1) is 20.5. The maximum absolute atomic E-state index is 5.97. The summed E-state index contributed by atoms with van der Waals surface area (Å²) in [4.78, 5) is 5.53. The van der Waals surface area contributed by atoms with E-state index in [2.05, 4.69) is 40.4 Å². The minimum Gasteiger partial charge on any atom is -0.353 e. The molecule has 1 atom stereocenters. The molecule has 1 aliphatic rings. The summed E-state index contributed by atoms with van der Waals surface area (Å²) in [7, 11) is 1.80. The van der Waals surface area contributed by atoms with E-state index in [-0.39, 0.29) is 24.0 Å². The maximum atomic E-state index is 5.97. The van der Waals surface area contributed by atoms with Crippen molar-refractivity contribution in [2.45, 2.75) is 51.7 Å². The summed E-state index contributed by atoms with van der Waals surface area (Å²) in [6.07, 6.45) is 5.31. The summed E-state index contributed by atoms with van der Waals surface area (Å²) in [5, 5.41) is 11.6. The standard InChI is InChI=1S/C17H24ClN5S.HI/c1-11(2)23-10-12-4-5-13(8-15(12)22-23)21-17(19-3)20-9-14-6-7-16(18)24-14;/h6-7,10-11,13H,4-5,8-9H2,1-3H3,(H2,19,20,21);1H. The van der Waals surface area contributed by atoms with Crippen LogP contribution < -0.4 is 10.6 Å². The van der Waals surface area contributed by atoms with Gasteiger partial charge in [0.2, 0.25) is 0 Å². The minimum absolute atomic E-state index is 0. The highest BCUT2D eigenvalue weighted by molar-refractivity contribution is 14.0. The fourth-order valence-electron chi connectivity index (χ4n) is 2.91. The molecular weight excluding hydrogens is 469 g/mol. The molecule has 2 heterocycles. The molecule has 2 N–H and O–H groups in total. The van der Waals surface area contributed by atoms with Crippen LogP contribution in [0.1, 0.15) is 42.4 Å². The third kappa shape index (κ3) is 5.34. The van der Waals surface area contributed by atoms with Gasteiger partial charge in [-0.1, -0.05) is 11.6 Å². The van der Waals surface area contributed by atoms with Gasteiger partial charge in [0.15, 0.2) is 5.96 Å². The first-order valence-electron chi connectivity index (χ1n) is 8.33. The second-order valence-corrected chi connectivity index (χ2v) is 8.19. The fraction of sp³-hybridized carbons (Fsp3) is 0.529. The van der Waals surface area contributed by atoms with E-state index in [0.29, 0.717) is 12.1 Å². The monoisotopic (exact) mass is 493 g/mol. The van der Waals surface area contributed by atoms with Gasteiger partial charge in [-0.25, -0.2) is 0 Å². The van der Waals surface area contributed by atoms with Gasteiger partial charge in [0, 0.05) is 36.6 Å². The lowest BCUT2D eigenvalue weighted by molar-refractivity contribution is 0.499. The molecule has 3 rings (SSSR count). The Labute approximate surface area is 175 Å². The van der Waals surface area contributed by atoms with Gasteiger partial charge in [-0.2, -0.15) is 5.10 Å². The second kappa shape index (κ2) is 9.23. The molecule has 2 aromatic heterocycles. The van der Waals surface area contributed by atoms with Crippen molar-refractivity contribution in [2.24, 2.45) is 4.99 Å². The molecule has 0 saturated heterocycles. The summed E-state index contributed by atoms with van der Waals surface area (Å²) < 4.78 is 2.89. The lowest BCUT2D eigenvalue weighted by Gasteiger charge is -2.24. The molecule has 138 valence electrons. The number of hydrogen-bond donors (Lipinski definition) is 2. The highest BCUT2D eigenvalue weighted by atomic mass is 127. The maximum Gasteiger partial charge on any atom is 0.191 e. The molecule has 5 nitrogen and oxygen atoms in total. The number of guanidine groups is 1. The van der Waals surface area contributed by atoms with Crippen molar-refractivity contribution in [3.8, 4) is 0 Å². The smallest absolute Gasteiger partial charge is 0.191 e. The molecule has 25 heavy (non-hydrogen) atoms. The number of nitrogens with one attached hydrogen (secondary N) is 2. The Hall–Kier alpha value is -0.800. The van der Waals surface area contributed by atoms with Crippen LogP contribution in [0.2, 0.25) is 4.34 Å². The van der Waals surface area contributed by atoms with E-state index < -0.39 is 0 Å². The average molecular weight is 494 g/mol. The molecule has 0 fully saturated rings. The van der Waals surface area contributed by atoms with Crippen LogP contribution in [0.15, 0.2) is 23.3 Å². The molecule has 0 aromatic carbocycles. The Morgan fingerprint density at radius 3 is 2.92 bits per heavy atom. The molecule has 8 heteroatoms. The number of aryl methyl sites for hydroxylation is 1. The van der Waals surface area contributed by atoms with Crippen molar-refractivity contribution in [1.29, 1.82) is 0 Å². The predicted molar refractivity (Wildman–Crippen MR) is 117 cm³/mol. The molecule has 0 bridgehead atoms. The third-order valence-corrected chi connectivity index (χ3v) is 5.48. The summed E-state index contributed by atoms with van der Waals surface area (Å²) in [6.45, 7) is 5.06. The van der Waals surface area contributed by atoms with Gasteiger partial charge in [0.25, 0.3) is 0 Å². The van der Waals surface area contributed by atoms with Crippen LogP contribution in [0.4, 0.5) is 0 Å². The second-order valence-electron chi connectivity index (χ2n) is 6.39. The Morgan fingerprint density at radius 1 is 1.48 bits per heavy atom. The van der Waals surface area contributed by atoms with Gasteiger partial charge in [0.1, 0.15) is 0 Å². The molecule has 1 unspecified atom stereocenters.